The van der Waals surface area contributed by atoms with E-state index in [4.69, 9.17) is 16.3 Å². The maximum absolute atomic E-state index is 12.5. The average Bonchev–Trinajstić information content (AvgIpc) is 2.69. The van der Waals surface area contributed by atoms with E-state index in [1.807, 2.05) is 49.4 Å². The lowest BCUT2D eigenvalue weighted by Gasteiger charge is -2.12. The molecule has 3 aromatic rings. The number of hydrogen-bond donors (Lipinski definition) is 2. The van der Waals surface area contributed by atoms with Gasteiger partial charge in [0.1, 0.15) is 23.1 Å². The fraction of sp³-hybridized carbons (Fsp3) is 0.190. The van der Waals surface area contributed by atoms with Crippen LogP contribution in [0.2, 0.25) is 5.02 Å². The molecule has 1 aromatic heterocycles. The van der Waals surface area contributed by atoms with E-state index in [-0.39, 0.29) is 5.91 Å². The van der Waals surface area contributed by atoms with Gasteiger partial charge in [-0.05, 0) is 49.2 Å². The summed E-state index contributed by atoms with van der Waals surface area (Å²) < 4.78 is 5.14. The monoisotopic (exact) mass is 396 g/mol. The molecule has 0 saturated heterocycles. The Hall–Kier alpha value is -3.12. The molecule has 0 atom stereocenters. The number of benzene rings is 2. The first kappa shape index (κ1) is 19.6. The number of aryl methyl sites for hydroxylation is 1. The van der Waals surface area contributed by atoms with Crippen molar-refractivity contribution >= 4 is 29.0 Å². The van der Waals surface area contributed by atoms with Gasteiger partial charge in [-0.25, -0.2) is 9.97 Å². The van der Waals surface area contributed by atoms with Crippen LogP contribution in [0.5, 0.6) is 5.75 Å². The number of carbonyl (C=O) groups excluding carboxylic acids is 1. The van der Waals surface area contributed by atoms with Gasteiger partial charge in [0.25, 0.3) is 5.91 Å². The summed E-state index contributed by atoms with van der Waals surface area (Å²) >= 11 is 6.17. The maximum atomic E-state index is 12.5. The van der Waals surface area contributed by atoms with Gasteiger partial charge in [0, 0.05) is 23.3 Å². The van der Waals surface area contributed by atoms with E-state index in [1.165, 1.54) is 0 Å². The van der Waals surface area contributed by atoms with Crippen molar-refractivity contribution in [1.82, 2.24) is 15.3 Å². The summed E-state index contributed by atoms with van der Waals surface area (Å²) in [5, 5.41) is 6.74. The summed E-state index contributed by atoms with van der Waals surface area (Å²) in [5.74, 6) is 1.53. The maximum Gasteiger partial charge on any atom is 0.270 e. The van der Waals surface area contributed by atoms with Crippen LogP contribution in [0.3, 0.4) is 0 Å². The second-order valence-electron chi connectivity index (χ2n) is 6.25. The van der Waals surface area contributed by atoms with Crippen molar-refractivity contribution < 1.29 is 9.53 Å². The highest BCUT2D eigenvalue weighted by atomic mass is 35.5. The van der Waals surface area contributed by atoms with Crippen LogP contribution < -0.4 is 15.4 Å². The molecule has 0 spiro atoms. The third kappa shape index (κ3) is 4.78. The second kappa shape index (κ2) is 8.71. The summed E-state index contributed by atoms with van der Waals surface area (Å²) in [7, 11) is 1.62. The van der Waals surface area contributed by atoms with Crippen LogP contribution in [0.4, 0.5) is 11.5 Å². The topological polar surface area (TPSA) is 76.1 Å². The van der Waals surface area contributed by atoms with Gasteiger partial charge in [0.15, 0.2) is 0 Å². The Kier molecular flexibility index (Phi) is 6.11. The van der Waals surface area contributed by atoms with Crippen molar-refractivity contribution in [3.05, 3.63) is 76.2 Å². The van der Waals surface area contributed by atoms with E-state index in [9.17, 15) is 4.79 Å². The summed E-state index contributed by atoms with van der Waals surface area (Å²) in [5.41, 5.74) is 3.00. The number of nitrogens with one attached hydrogen (secondary N) is 2. The fourth-order valence-corrected chi connectivity index (χ4v) is 2.82. The van der Waals surface area contributed by atoms with Gasteiger partial charge in [0.05, 0.1) is 7.11 Å². The summed E-state index contributed by atoms with van der Waals surface area (Å²) in [4.78, 5) is 21.2. The average molecular weight is 397 g/mol. The number of halogens is 1. The van der Waals surface area contributed by atoms with Gasteiger partial charge in [-0.1, -0.05) is 29.8 Å². The first-order chi connectivity index (χ1) is 13.5. The predicted octanol–water partition coefficient (Wildman–Crippen LogP) is 4.43. The number of hydrogen-bond acceptors (Lipinski definition) is 5. The Morgan fingerprint density at radius 1 is 1.11 bits per heavy atom. The molecule has 3 rings (SSSR count). The molecule has 1 heterocycles. The molecule has 7 heteroatoms. The van der Waals surface area contributed by atoms with Gasteiger partial charge in [-0.15, -0.1) is 0 Å². The van der Waals surface area contributed by atoms with Crippen LogP contribution in [0, 0.1) is 13.8 Å². The Morgan fingerprint density at radius 2 is 1.86 bits per heavy atom. The summed E-state index contributed by atoms with van der Waals surface area (Å²) in [6.07, 6.45) is 0. The SMILES string of the molecule is COc1ccc(CNC(=O)c2cc(Nc3cccc(Cl)c3C)nc(C)n2)cc1. The minimum atomic E-state index is -0.271. The standard InChI is InChI=1S/C21H21ClN4O2/c1-13-17(22)5-4-6-18(13)26-20-11-19(24-14(2)25-20)21(27)23-12-15-7-9-16(28-3)10-8-15/h4-11H,12H2,1-3H3,(H,23,27)(H,24,25,26). The number of amides is 1. The molecule has 0 fully saturated rings. The first-order valence-corrected chi connectivity index (χ1v) is 9.13. The highest BCUT2D eigenvalue weighted by Gasteiger charge is 2.12. The number of ether oxygens (including phenoxy) is 1. The molecule has 0 unspecified atom stereocenters. The largest absolute Gasteiger partial charge is 0.497 e. The third-order valence-corrected chi connectivity index (χ3v) is 4.62. The molecule has 1 amide bonds. The lowest BCUT2D eigenvalue weighted by atomic mass is 10.2. The third-order valence-electron chi connectivity index (χ3n) is 4.21. The van der Waals surface area contributed by atoms with E-state index in [0.29, 0.717) is 28.9 Å². The predicted molar refractivity (Wildman–Crippen MR) is 110 cm³/mol. The van der Waals surface area contributed by atoms with Gasteiger partial charge in [-0.3, -0.25) is 4.79 Å². The van der Waals surface area contributed by atoms with Crippen molar-refractivity contribution in [1.29, 1.82) is 0 Å². The normalized spacial score (nSPS) is 10.4. The molecule has 2 N–H and O–H groups in total. The highest BCUT2D eigenvalue weighted by molar-refractivity contribution is 6.31. The molecule has 0 aliphatic heterocycles. The molecule has 0 bridgehead atoms. The Morgan fingerprint density at radius 3 is 2.57 bits per heavy atom. The van der Waals surface area contributed by atoms with Gasteiger partial charge in [-0.2, -0.15) is 0 Å². The van der Waals surface area contributed by atoms with E-state index < -0.39 is 0 Å². The molecule has 28 heavy (non-hydrogen) atoms. The second-order valence-corrected chi connectivity index (χ2v) is 6.66. The number of anilines is 2. The zero-order chi connectivity index (χ0) is 20.1. The van der Waals surface area contributed by atoms with E-state index in [1.54, 1.807) is 20.1 Å². The molecule has 0 radical (unpaired) electrons. The lowest BCUT2D eigenvalue weighted by Crippen LogP contribution is -2.24. The molecule has 144 valence electrons. The highest BCUT2D eigenvalue weighted by Crippen LogP contribution is 2.25. The van der Waals surface area contributed by atoms with Crippen LogP contribution in [0.1, 0.15) is 27.4 Å². The van der Waals surface area contributed by atoms with Crippen molar-refractivity contribution in [3.63, 3.8) is 0 Å². The Balaban J connectivity index is 1.72. The van der Waals surface area contributed by atoms with Crippen molar-refractivity contribution in [3.8, 4) is 5.75 Å². The number of rotatable bonds is 6. The zero-order valence-electron chi connectivity index (χ0n) is 15.9. The summed E-state index contributed by atoms with van der Waals surface area (Å²) in [6, 6.07) is 14.7. The van der Waals surface area contributed by atoms with E-state index in [0.717, 1.165) is 22.6 Å². The molecular formula is C21H21ClN4O2. The molecule has 6 nitrogen and oxygen atoms in total. The Labute approximate surface area is 168 Å². The van der Waals surface area contributed by atoms with E-state index in [2.05, 4.69) is 20.6 Å². The summed E-state index contributed by atoms with van der Waals surface area (Å²) in [6.45, 7) is 4.06. The first-order valence-electron chi connectivity index (χ1n) is 8.75. The van der Waals surface area contributed by atoms with Crippen LogP contribution >= 0.6 is 11.6 Å². The number of aromatic nitrogens is 2. The van der Waals surface area contributed by atoms with Crippen LogP contribution in [0.25, 0.3) is 0 Å². The smallest absolute Gasteiger partial charge is 0.270 e. The van der Waals surface area contributed by atoms with Gasteiger partial charge in [0.2, 0.25) is 0 Å². The van der Waals surface area contributed by atoms with Gasteiger partial charge >= 0.3 is 0 Å². The van der Waals surface area contributed by atoms with Crippen LogP contribution in [-0.4, -0.2) is 23.0 Å². The van der Waals surface area contributed by atoms with Crippen LogP contribution in [0.15, 0.2) is 48.5 Å². The molecule has 0 aliphatic carbocycles. The fourth-order valence-electron chi connectivity index (χ4n) is 2.65. The van der Waals surface area contributed by atoms with Gasteiger partial charge < -0.3 is 15.4 Å². The number of carbonyl (C=O) groups is 1. The number of nitrogens with zero attached hydrogens (tertiary/aromatic N) is 2. The molecule has 2 aromatic carbocycles. The van der Waals surface area contributed by atoms with Crippen molar-refractivity contribution in [2.45, 2.75) is 20.4 Å². The molecular weight excluding hydrogens is 376 g/mol. The lowest BCUT2D eigenvalue weighted by molar-refractivity contribution is 0.0945. The molecule has 0 aliphatic rings. The quantitative estimate of drug-likeness (QED) is 0.644. The van der Waals surface area contributed by atoms with Crippen molar-refractivity contribution in [2.24, 2.45) is 0 Å². The molecule has 0 saturated carbocycles. The minimum absolute atomic E-state index is 0.271. The van der Waals surface area contributed by atoms with Crippen LogP contribution in [-0.2, 0) is 6.54 Å². The van der Waals surface area contributed by atoms with E-state index >= 15 is 0 Å². The Bertz CT molecular complexity index is 990. The van der Waals surface area contributed by atoms with Crippen molar-refractivity contribution in [2.75, 3.05) is 12.4 Å². The number of methoxy groups -OCH3 is 1. The minimum Gasteiger partial charge on any atom is -0.497 e. The zero-order valence-corrected chi connectivity index (χ0v) is 16.7.